The fourth-order valence-electron chi connectivity index (χ4n) is 2.19. The molecular weight excluding hydrogens is 350 g/mol. The molecule has 0 aliphatic heterocycles. The standard InChI is InChI=1S/C19H19N3OS2/c1-14(24-19-20-12-13-22(19)2)18(23)21-16-10-6-7-11-17(16)25-15-8-4-3-5-9-15/h3-14H,1-2H3,(H,21,23). The Hall–Kier alpha value is -2.18. The van der Waals surface area contributed by atoms with E-state index < -0.39 is 0 Å². The van der Waals surface area contributed by atoms with Crippen molar-refractivity contribution in [1.29, 1.82) is 0 Å². The van der Waals surface area contributed by atoms with Gasteiger partial charge in [-0.05, 0) is 31.2 Å². The average Bonchev–Trinajstić information content (AvgIpc) is 3.02. The zero-order chi connectivity index (χ0) is 17.6. The largest absolute Gasteiger partial charge is 0.329 e. The summed E-state index contributed by atoms with van der Waals surface area (Å²) in [5, 5.41) is 3.63. The number of aromatic nitrogens is 2. The summed E-state index contributed by atoms with van der Waals surface area (Å²) < 4.78 is 1.91. The topological polar surface area (TPSA) is 46.9 Å². The molecule has 1 N–H and O–H groups in total. The Morgan fingerprint density at radius 2 is 1.84 bits per heavy atom. The Bertz CT molecular complexity index is 849. The van der Waals surface area contributed by atoms with Crippen molar-refractivity contribution in [2.75, 3.05) is 5.32 Å². The van der Waals surface area contributed by atoms with Crippen LogP contribution in [0.1, 0.15) is 6.92 Å². The smallest absolute Gasteiger partial charge is 0.237 e. The number of hydrogen-bond acceptors (Lipinski definition) is 4. The third-order valence-corrected chi connectivity index (χ3v) is 5.80. The number of nitrogens with zero attached hydrogens (tertiary/aromatic N) is 2. The van der Waals surface area contributed by atoms with Crippen molar-refractivity contribution in [3.63, 3.8) is 0 Å². The van der Waals surface area contributed by atoms with Crippen molar-refractivity contribution in [3.8, 4) is 0 Å². The molecule has 1 atom stereocenters. The highest BCUT2D eigenvalue weighted by atomic mass is 32.2. The number of nitrogens with one attached hydrogen (secondary N) is 1. The van der Waals surface area contributed by atoms with Crippen LogP contribution in [0.3, 0.4) is 0 Å². The zero-order valence-corrected chi connectivity index (χ0v) is 15.7. The maximum absolute atomic E-state index is 12.6. The number of benzene rings is 2. The van der Waals surface area contributed by atoms with Crippen molar-refractivity contribution in [1.82, 2.24) is 9.55 Å². The molecule has 3 rings (SSSR count). The second-order valence-electron chi connectivity index (χ2n) is 5.48. The number of para-hydroxylation sites is 1. The van der Waals surface area contributed by atoms with Crippen LogP contribution in [0.5, 0.6) is 0 Å². The van der Waals surface area contributed by atoms with Gasteiger partial charge in [-0.2, -0.15) is 0 Å². The normalized spacial score (nSPS) is 11.9. The lowest BCUT2D eigenvalue weighted by atomic mass is 10.3. The van der Waals surface area contributed by atoms with Gasteiger partial charge in [-0.1, -0.05) is 53.9 Å². The molecule has 0 saturated carbocycles. The number of aryl methyl sites for hydroxylation is 1. The first-order valence-corrected chi connectivity index (χ1v) is 9.60. The van der Waals surface area contributed by atoms with Gasteiger partial charge in [0.1, 0.15) is 0 Å². The third-order valence-electron chi connectivity index (χ3n) is 3.54. The van der Waals surface area contributed by atoms with E-state index in [2.05, 4.69) is 22.4 Å². The van der Waals surface area contributed by atoms with Crippen LogP contribution in [-0.4, -0.2) is 20.7 Å². The van der Waals surface area contributed by atoms with E-state index in [1.165, 1.54) is 11.8 Å². The molecule has 1 amide bonds. The molecule has 0 bridgehead atoms. The predicted molar refractivity (Wildman–Crippen MR) is 104 cm³/mol. The molecule has 4 nitrogen and oxygen atoms in total. The van der Waals surface area contributed by atoms with Crippen molar-refractivity contribution in [3.05, 3.63) is 67.0 Å². The lowest BCUT2D eigenvalue weighted by Crippen LogP contribution is -2.23. The molecule has 0 aliphatic carbocycles. The van der Waals surface area contributed by atoms with Crippen LogP contribution in [0.25, 0.3) is 0 Å². The predicted octanol–water partition coefficient (Wildman–Crippen LogP) is 4.69. The van der Waals surface area contributed by atoms with Crippen LogP contribution in [0.2, 0.25) is 0 Å². The number of imidazole rings is 1. The van der Waals surface area contributed by atoms with Crippen LogP contribution in [0.4, 0.5) is 5.69 Å². The molecular formula is C19H19N3OS2. The van der Waals surface area contributed by atoms with Crippen molar-refractivity contribution < 1.29 is 4.79 Å². The zero-order valence-electron chi connectivity index (χ0n) is 14.0. The minimum absolute atomic E-state index is 0.0332. The van der Waals surface area contributed by atoms with E-state index in [0.717, 1.165) is 20.6 Å². The Kier molecular flexibility index (Phi) is 5.83. The van der Waals surface area contributed by atoms with Crippen molar-refractivity contribution in [2.24, 2.45) is 7.05 Å². The molecule has 0 spiro atoms. The van der Waals surface area contributed by atoms with Gasteiger partial charge in [0, 0.05) is 29.2 Å². The van der Waals surface area contributed by atoms with E-state index in [4.69, 9.17) is 0 Å². The fourth-order valence-corrected chi connectivity index (χ4v) is 3.94. The maximum Gasteiger partial charge on any atom is 0.237 e. The van der Waals surface area contributed by atoms with Crippen LogP contribution in [-0.2, 0) is 11.8 Å². The van der Waals surface area contributed by atoms with Crippen LogP contribution in [0, 0.1) is 0 Å². The van der Waals surface area contributed by atoms with Gasteiger partial charge >= 0.3 is 0 Å². The Labute approximate surface area is 156 Å². The maximum atomic E-state index is 12.6. The first-order valence-electron chi connectivity index (χ1n) is 7.90. The second kappa shape index (κ2) is 8.27. The van der Waals surface area contributed by atoms with Gasteiger partial charge in [0.25, 0.3) is 0 Å². The van der Waals surface area contributed by atoms with E-state index in [1.54, 1.807) is 18.0 Å². The van der Waals surface area contributed by atoms with Gasteiger partial charge in [0.15, 0.2) is 5.16 Å². The number of amides is 1. The molecule has 1 heterocycles. The summed E-state index contributed by atoms with van der Waals surface area (Å²) in [7, 11) is 1.92. The Balaban J connectivity index is 1.70. The number of rotatable bonds is 6. The highest BCUT2D eigenvalue weighted by Gasteiger charge is 2.18. The Morgan fingerprint density at radius 3 is 2.56 bits per heavy atom. The molecule has 1 unspecified atom stereocenters. The van der Waals surface area contributed by atoms with E-state index in [1.807, 2.05) is 67.2 Å². The monoisotopic (exact) mass is 369 g/mol. The summed E-state index contributed by atoms with van der Waals surface area (Å²) in [6.45, 7) is 1.89. The highest BCUT2D eigenvalue weighted by molar-refractivity contribution is 8.00. The second-order valence-corrected chi connectivity index (χ2v) is 7.90. The fraction of sp³-hybridized carbons (Fsp3) is 0.158. The van der Waals surface area contributed by atoms with Gasteiger partial charge in [-0.3, -0.25) is 4.79 Å². The summed E-state index contributed by atoms with van der Waals surface area (Å²) in [5.74, 6) is -0.0332. The van der Waals surface area contributed by atoms with E-state index in [9.17, 15) is 4.79 Å². The van der Waals surface area contributed by atoms with E-state index in [-0.39, 0.29) is 11.2 Å². The van der Waals surface area contributed by atoms with Crippen molar-refractivity contribution >= 4 is 35.1 Å². The third kappa shape index (κ3) is 4.67. The molecule has 25 heavy (non-hydrogen) atoms. The van der Waals surface area contributed by atoms with Gasteiger partial charge < -0.3 is 9.88 Å². The lowest BCUT2D eigenvalue weighted by molar-refractivity contribution is -0.115. The number of carbonyl (C=O) groups is 1. The van der Waals surface area contributed by atoms with E-state index >= 15 is 0 Å². The minimum atomic E-state index is -0.240. The number of thioether (sulfide) groups is 1. The summed E-state index contributed by atoms with van der Waals surface area (Å²) in [6, 6.07) is 18.0. The number of carbonyl (C=O) groups excluding carboxylic acids is 1. The summed E-state index contributed by atoms with van der Waals surface area (Å²) in [5.41, 5.74) is 0.827. The number of hydrogen-bond donors (Lipinski definition) is 1. The SMILES string of the molecule is CC(Sc1nccn1C)C(=O)Nc1ccccc1Sc1ccccc1. The van der Waals surface area contributed by atoms with Gasteiger partial charge in [0.05, 0.1) is 10.9 Å². The molecule has 6 heteroatoms. The molecule has 0 fully saturated rings. The van der Waals surface area contributed by atoms with Gasteiger partial charge in [-0.25, -0.2) is 4.98 Å². The lowest BCUT2D eigenvalue weighted by Gasteiger charge is -2.14. The molecule has 0 radical (unpaired) electrons. The first-order chi connectivity index (χ1) is 12.1. The van der Waals surface area contributed by atoms with Crippen molar-refractivity contribution in [2.45, 2.75) is 27.1 Å². The molecule has 1 aromatic heterocycles. The highest BCUT2D eigenvalue weighted by Crippen LogP contribution is 2.33. The first kappa shape index (κ1) is 17.6. The van der Waals surface area contributed by atoms with Gasteiger partial charge in [0.2, 0.25) is 5.91 Å². The average molecular weight is 370 g/mol. The summed E-state index contributed by atoms with van der Waals surface area (Å²) in [6.07, 6.45) is 3.61. The number of anilines is 1. The van der Waals surface area contributed by atoms with Crippen LogP contribution >= 0.6 is 23.5 Å². The molecule has 0 saturated heterocycles. The van der Waals surface area contributed by atoms with Crippen LogP contribution < -0.4 is 5.32 Å². The minimum Gasteiger partial charge on any atom is -0.329 e. The summed E-state index contributed by atoms with van der Waals surface area (Å²) in [4.78, 5) is 19.0. The molecule has 128 valence electrons. The molecule has 2 aromatic carbocycles. The van der Waals surface area contributed by atoms with Crippen LogP contribution in [0.15, 0.2) is 81.9 Å². The van der Waals surface area contributed by atoms with Gasteiger partial charge in [-0.15, -0.1) is 0 Å². The summed E-state index contributed by atoms with van der Waals surface area (Å²) >= 11 is 3.08. The Morgan fingerprint density at radius 1 is 1.12 bits per heavy atom. The quantitative estimate of drug-likeness (QED) is 0.640. The van der Waals surface area contributed by atoms with E-state index in [0.29, 0.717) is 0 Å². The molecule has 0 aliphatic rings. The molecule has 3 aromatic rings.